The molecule has 0 saturated carbocycles. The van der Waals surface area contributed by atoms with Crippen LogP contribution in [0.25, 0.3) is 10.2 Å². The molecule has 0 unspecified atom stereocenters. The van der Waals surface area contributed by atoms with Crippen molar-refractivity contribution in [3.05, 3.63) is 92.0 Å². The quantitative estimate of drug-likeness (QED) is 0.363. The van der Waals surface area contributed by atoms with Crippen molar-refractivity contribution < 1.29 is 8.42 Å². The number of benzene rings is 3. The van der Waals surface area contributed by atoms with E-state index in [4.69, 9.17) is 11.6 Å². The Hall–Kier alpha value is -2.61. The zero-order valence-electron chi connectivity index (χ0n) is 17.9. The van der Waals surface area contributed by atoms with Gasteiger partial charge in [-0.05, 0) is 59.9 Å². The van der Waals surface area contributed by atoms with Crippen LogP contribution in [0.4, 0.5) is 5.69 Å². The lowest BCUT2D eigenvalue weighted by Crippen LogP contribution is -2.16. The van der Waals surface area contributed by atoms with Crippen molar-refractivity contribution in [2.75, 3.05) is 4.72 Å². The van der Waals surface area contributed by atoms with Crippen LogP contribution in [0.15, 0.2) is 70.4 Å². The van der Waals surface area contributed by atoms with Gasteiger partial charge < -0.3 is 0 Å². The van der Waals surface area contributed by atoms with Gasteiger partial charge in [0.15, 0.2) is 0 Å². The molecule has 5 nitrogen and oxygen atoms in total. The number of sulfonamides is 1. The molecule has 166 valence electrons. The Morgan fingerprint density at radius 1 is 1.06 bits per heavy atom. The van der Waals surface area contributed by atoms with E-state index in [0.717, 1.165) is 28.0 Å². The fourth-order valence-corrected chi connectivity index (χ4v) is 5.96. The smallest absolute Gasteiger partial charge is 0.294 e. The van der Waals surface area contributed by atoms with Crippen molar-refractivity contribution in [2.24, 2.45) is 0 Å². The molecular formula is C24H23ClN2O3S2. The number of para-hydroxylation sites is 1. The topological polar surface area (TPSA) is 68.2 Å². The minimum absolute atomic E-state index is 0.128. The molecule has 32 heavy (non-hydrogen) atoms. The van der Waals surface area contributed by atoms with Gasteiger partial charge in [-0.1, -0.05) is 67.1 Å². The van der Waals surface area contributed by atoms with Crippen molar-refractivity contribution in [2.45, 2.75) is 38.1 Å². The molecule has 0 aliphatic heterocycles. The van der Waals surface area contributed by atoms with Crippen LogP contribution in [0.1, 0.15) is 36.5 Å². The summed E-state index contributed by atoms with van der Waals surface area (Å²) in [5.74, 6) is 0.169. The SMILES string of the molecule is Cc1cccc(C(C)C)c1NS(=O)(=O)c1ccc2c(c1)sc(=O)n2Cc1ccc(Cl)cc1. The second-order valence-electron chi connectivity index (χ2n) is 8.01. The summed E-state index contributed by atoms with van der Waals surface area (Å²) in [6.07, 6.45) is 0. The van der Waals surface area contributed by atoms with Crippen LogP contribution in [-0.4, -0.2) is 13.0 Å². The third kappa shape index (κ3) is 4.46. The van der Waals surface area contributed by atoms with Crippen molar-refractivity contribution in [3.63, 3.8) is 0 Å². The average Bonchev–Trinajstić information content (AvgIpc) is 3.05. The molecule has 1 N–H and O–H groups in total. The molecule has 0 amide bonds. The summed E-state index contributed by atoms with van der Waals surface area (Å²) < 4.78 is 31.4. The van der Waals surface area contributed by atoms with E-state index in [1.807, 2.05) is 51.1 Å². The molecule has 4 rings (SSSR count). The Balaban J connectivity index is 1.70. The summed E-state index contributed by atoms with van der Waals surface area (Å²) >= 11 is 6.98. The summed E-state index contributed by atoms with van der Waals surface area (Å²) in [5, 5.41) is 0.632. The molecule has 1 aromatic heterocycles. The van der Waals surface area contributed by atoms with Crippen LogP contribution in [-0.2, 0) is 16.6 Å². The molecule has 0 fully saturated rings. The first-order chi connectivity index (χ1) is 15.2. The minimum Gasteiger partial charge on any atom is -0.294 e. The van der Waals surface area contributed by atoms with Gasteiger partial charge in [-0.25, -0.2) is 8.42 Å². The van der Waals surface area contributed by atoms with E-state index in [9.17, 15) is 13.2 Å². The highest BCUT2D eigenvalue weighted by molar-refractivity contribution is 7.92. The van der Waals surface area contributed by atoms with Crippen molar-refractivity contribution in [3.8, 4) is 0 Å². The van der Waals surface area contributed by atoms with Gasteiger partial charge >= 0.3 is 4.87 Å². The Morgan fingerprint density at radius 3 is 2.47 bits per heavy atom. The lowest BCUT2D eigenvalue weighted by Gasteiger charge is -2.17. The van der Waals surface area contributed by atoms with E-state index in [-0.39, 0.29) is 15.7 Å². The van der Waals surface area contributed by atoms with Crippen LogP contribution in [0, 0.1) is 6.92 Å². The van der Waals surface area contributed by atoms with Crippen LogP contribution in [0.2, 0.25) is 5.02 Å². The number of nitrogens with one attached hydrogen (secondary N) is 1. The van der Waals surface area contributed by atoms with Crippen LogP contribution < -0.4 is 9.60 Å². The Morgan fingerprint density at radius 2 is 1.78 bits per heavy atom. The van der Waals surface area contributed by atoms with Crippen molar-refractivity contribution in [1.29, 1.82) is 0 Å². The summed E-state index contributed by atoms with van der Waals surface area (Å²) in [4.78, 5) is 12.6. The summed E-state index contributed by atoms with van der Waals surface area (Å²) in [6.45, 7) is 6.33. The predicted molar refractivity (Wildman–Crippen MR) is 133 cm³/mol. The van der Waals surface area contributed by atoms with Gasteiger partial charge in [-0.15, -0.1) is 0 Å². The van der Waals surface area contributed by atoms with Gasteiger partial charge in [0.25, 0.3) is 10.0 Å². The number of anilines is 1. The zero-order valence-corrected chi connectivity index (χ0v) is 20.3. The molecule has 0 spiro atoms. The van der Waals surface area contributed by atoms with Gasteiger partial charge in [0.05, 0.1) is 27.3 Å². The molecule has 0 radical (unpaired) electrons. The van der Waals surface area contributed by atoms with E-state index >= 15 is 0 Å². The third-order valence-corrected chi connectivity index (χ3v) is 7.91. The molecular weight excluding hydrogens is 464 g/mol. The maximum absolute atomic E-state index is 13.2. The number of halogens is 1. The highest BCUT2D eigenvalue weighted by atomic mass is 35.5. The summed E-state index contributed by atoms with van der Waals surface area (Å²) in [5.41, 5.74) is 4.05. The van der Waals surface area contributed by atoms with Crippen molar-refractivity contribution >= 4 is 48.9 Å². The zero-order chi connectivity index (χ0) is 23.0. The molecule has 3 aromatic carbocycles. The number of thiazole rings is 1. The Bertz CT molecular complexity index is 1450. The molecule has 8 heteroatoms. The van der Waals surface area contributed by atoms with Gasteiger partial charge in [-0.2, -0.15) is 0 Å². The number of hydrogen-bond donors (Lipinski definition) is 1. The van der Waals surface area contributed by atoms with E-state index < -0.39 is 10.0 Å². The maximum atomic E-state index is 13.2. The number of hydrogen-bond acceptors (Lipinski definition) is 4. The van der Waals surface area contributed by atoms with Crippen LogP contribution in [0.5, 0.6) is 0 Å². The Kier molecular flexibility index (Phi) is 6.16. The fraction of sp³-hybridized carbons (Fsp3) is 0.208. The standard InChI is InChI=1S/C24H23ClN2O3S2/c1-15(2)20-6-4-5-16(3)23(20)26-32(29,30)19-11-12-21-22(13-19)31-24(28)27(21)14-17-7-9-18(25)10-8-17/h4-13,15,26H,14H2,1-3H3. The van der Waals surface area contributed by atoms with Gasteiger partial charge in [0.1, 0.15) is 0 Å². The number of aromatic nitrogens is 1. The number of fused-ring (bicyclic) bond motifs is 1. The average molecular weight is 487 g/mol. The molecule has 1 heterocycles. The van der Waals surface area contributed by atoms with Gasteiger partial charge in [0.2, 0.25) is 0 Å². The number of nitrogens with zero attached hydrogens (tertiary/aromatic N) is 1. The lowest BCUT2D eigenvalue weighted by molar-refractivity contribution is 0.601. The van der Waals surface area contributed by atoms with Crippen LogP contribution in [0.3, 0.4) is 0 Å². The monoisotopic (exact) mass is 486 g/mol. The predicted octanol–water partition coefficient (Wildman–Crippen LogP) is 6.00. The minimum atomic E-state index is -3.82. The molecule has 0 atom stereocenters. The highest BCUT2D eigenvalue weighted by Crippen LogP contribution is 2.30. The largest absolute Gasteiger partial charge is 0.308 e. The second-order valence-corrected chi connectivity index (χ2v) is 11.1. The van der Waals surface area contributed by atoms with Crippen LogP contribution >= 0.6 is 22.9 Å². The molecule has 0 bridgehead atoms. The maximum Gasteiger partial charge on any atom is 0.308 e. The fourth-order valence-electron chi connectivity index (χ4n) is 3.64. The highest BCUT2D eigenvalue weighted by Gasteiger charge is 2.20. The van der Waals surface area contributed by atoms with Gasteiger partial charge in [0, 0.05) is 5.02 Å². The summed E-state index contributed by atoms with van der Waals surface area (Å²) in [6, 6.07) is 17.8. The third-order valence-electron chi connectivity index (χ3n) is 5.37. The van der Waals surface area contributed by atoms with E-state index in [1.54, 1.807) is 34.9 Å². The second kappa shape index (κ2) is 8.73. The first-order valence-electron chi connectivity index (χ1n) is 10.2. The number of rotatable bonds is 6. The Labute approximate surface area is 196 Å². The molecule has 0 aliphatic carbocycles. The first kappa shape index (κ1) is 22.6. The summed E-state index contributed by atoms with van der Waals surface area (Å²) in [7, 11) is -3.82. The van der Waals surface area contributed by atoms with Gasteiger partial charge in [-0.3, -0.25) is 14.1 Å². The molecule has 0 saturated heterocycles. The lowest BCUT2D eigenvalue weighted by atomic mass is 9.99. The van der Waals surface area contributed by atoms with E-state index in [2.05, 4.69) is 4.72 Å². The number of aryl methyl sites for hydroxylation is 1. The molecule has 4 aromatic rings. The normalized spacial score (nSPS) is 11.9. The first-order valence-corrected chi connectivity index (χ1v) is 12.8. The van der Waals surface area contributed by atoms with E-state index in [1.165, 1.54) is 0 Å². The van der Waals surface area contributed by atoms with Crippen molar-refractivity contribution in [1.82, 2.24) is 4.57 Å². The van der Waals surface area contributed by atoms with E-state index in [0.29, 0.717) is 27.5 Å². The molecule has 0 aliphatic rings.